The number of anilines is 1. The smallest absolute Gasteiger partial charge is 0.282 e. The molecule has 0 radical (unpaired) electrons. The second-order valence-corrected chi connectivity index (χ2v) is 13.0. The van der Waals surface area contributed by atoms with Crippen LogP contribution in [0.25, 0.3) is 22.3 Å². The number of benzene rings is 4. The number of fused-ring (bicyclic) bond motifs is 1. The van der Waals surface area contributed by atoms with Crippen LogP contribution in [0, 0.1) is 6.92 Å². The van der Waals surface area contributed by atoms with Crippen LogP contribution in [-0.2, 0) is 6.61 Å². The average molecular weight is 733 g/mol. The highest BCUT2D eigenvalue weighted by Crippen LogP contribution is 2.34. The summed E-state index contributed by atoms with van der Waals surface area (Å²) in [4.78, 5) is 21.0. The molecule has 1 aromatic heterocycles. The molecule has 0 atom stereocenters. The second-order valence-electron chi connectivity index (χ2n) is 11.2. The van der Waals surface area contributed by atoms with Crippen molar-refractivity contribution < 1.29 is 9.47 Å². The van der Waals surface area contributed by atoms with Crippen LogP contribution in [0.3, 0.4) is 0 Å². The third kappa shape index (κ3) is 7.15. The lowest BCUT2D eigenvalue weighted by molar-refractivity contribution is 0.305. The van der Waals surface area contributed by atoms with Crippen LogP contribution in [0.15, 0.2) is 91.6 Å². The summed E-state index contributed by atoms with van der Waals surface area (Å²) in [6, 6.07) is 23.4. The van der Waals surface area contributed by atoms with Gasteiger partial charge in [-0.1, -0.05) is 63.9 Å². The predicted molar refractivity (Wildman–Crippen MR) is 191 cm³/mol. The zero-order valence-corrected chi connectivity index (χ0v) is 29.4. The van der Waals surface area contributed by atoms with Crippen molar-refractivity contribution in [2.24, 2.45) is 5.10 Å². The van der Waals surface area contributed by atoms with E-state index in [1.165, 1.54) is 4.68 Å². The van der Waals surface area contributed by atoms with E-state index in [2.05, 4.69) is 51.8 Å². The number of hydrogen-bond acceptors (Lipinski definition) is 6. The van der Waals surface area contributed by atoms with Crippen LogP contribution in [0.4, 0.5) is 5.69 Å². The van der Waals surface area contributed by atoms with Crippen LogP contribution in [0.1, 0.15) is 48.9 Å². The van der Waals surface area contributed by atoms with Gasteiger partial charge in [0.2, 0.25) is 0 Å². The number of aryl methyl sites for hydroxylation is 1. The number of aromatic nitrogens is 2. The van der Waals surface area contributed by atoms with Crippen molar-refractivity contribution in [3.63, 3.8) is 0 Å². The highest BCUT2D eigenvalue weighted by Gasteiger charge is 2.19. The van der Waals surface area contributed by atoms with Gasteiger partial charge in [0.25, 0.3) is 5.56 Å². The van der Waals surface area contributed by atoms with Crippen LogP contribution in [0.5, 0.6) is 11.5 Å². The quantitative estimate of drug-likeness (QED) is 0.134. The highest BCUT2D eigenvalue weighted by molar-refractivity contribution is 9.11. The monoisotopic (exact) mass is 730 g/mol. The third-order valence-corrected chi connectivity index (χ3v) is 8.73. The number of hydrogen-bond donors (Lipinski definition) is 0. The number of ether oxygens (including phenoxy) is 2. The molecule has 9 heteroatoms. The first-order valence-corrected chi connectivity index (χ1v) is 16.4. The lowest BCUT2D eigenvalue weighted by atomic mass is 9.96. The van der Waals surface area contributed by atoms with E-state index in [9.17, 15) is 4.79 Å². The molecule has 5 aromatic rings. The molecule has 4 aromatic carbocycles. The normalized spacial score (nSPS) is 11.5. The van der Waals surface area contributed by atoms with Gasteiger partial charge in [-0.05, 0) is 79.4 Å². The fourth-order valence-electron chi connectivity index (χ4n) is 5.02. The van der Waals surface area contributed by atoms with E-state index in [-0.39, 0.29) is 11.5 Å². The SMILES string of the molecule is CCOc1cc(C)c(-c2nc3ccccc3c(=O)n2N=Cc2ccc(N(C)C)cc2OCc2ccc(Br)cc2Br)cc1C(C)C. The summed E-state index contributed by atoms with van der Waals surface area (Å²) in [6.07, 6.45) is 1.67. The Morgan fingerprint density at radius 2 is 1.76 bits per heavy atom. The molecule has 0 saturated heterocycles. The number of para-hydroxylation sites is 1. The van der Waals surface area contributed by atoms with E-state index in [1.54, 1.807) is 12.3 Å². The molecule has 0 amide bonds. The summed E-state index contributed by atoms with van der Waals surface area (Å²) in [7, 11) is 3.96. The molecule has 0 fully saturated rings. The molecule has 5 rings (SSSR count). The molecule has 232 valence electrons. The van der Waals surface area contributed by atoms with Crippen molar-refractivity contribution in [1.82, 2.24) is 9.66 Å². The van der Waals surface area contributed by atoms with Crippen molar-refractivity contribution in [3.8, 4) is 22.9 Å². The standard InChI is InChI=1S/C36H36Br2N4O3/c1-7-44-34-16-23(4)30(19-29(34)22(2)3)35-40-32-11-9-8-10-28(32)36(43)42(35)39-20-24-13-15-27(41(5)6)18-33(24)45-21-25-12-14-26(37)17-31(25)38/h8-20,22H,7,21H2,1-6H3. The van der Waals surface area contributed by atoms with Gasteiger partial charge >= 0.3 is 0 Å². The summed E-state index contributed by atoms with van der Waals surface area (Å²) in [5, 5.41) is 5.26. The largest absolute Gasteiger partial charge is 0.494 e. The van der Waals surface area contributed by atoms with Gasteiger partial charge in [0.05, 0.1) is 23.7 Å². The molecule has 7 nitrogen and oxygen atoms in total. The van der Waals surface area contributed by atoms with Crippen LogP contribution in [-0.4, -0.2) is 36.6 Å². The zero-order valence-electron chi connectivity index (χ0n) is 26.3. The molecule has 0 aliphatic carbocycles. The first-order chi connectivity index (χ1) is 21.6. The molecule has 1 heterocycles. The molecule has 45 heavy (non-hydrogen) atoms. The minimum absolute atomic E-state index is 0.204. The lowest BCUT2D eigenvalue weighted by Gasteiger charge is -2.18. The van der Waals surface area contributed by atoms with Gasteiger partial charge in [0, 0.05) is 51.5 Å². The van der Waals surface area contributed by atoms with Crippen LogP contribution < -0.4 is 19.9 Å². The molecule has 0 bridgehead atoms. The van der Waals surface area contributed by atoms with E-state index in [1.807, 2.05) is 93.5 Å². The first kappa shape index (κ1) is 32.4. The van der Waals surface area contributed by atoms with Gasteiger partial charge in [-0.25, -0.2) is 4.98 Å². The van der Waals surface area contributed by atoms with Gasteiger partial charge in [-0.15, -0.1) is 0 Å². The maximum atomic E-state index is 14.0. The van der Waals surface area contributed by atoms with Crippen molar-refractivity contribution in [3.05, 3.63) is 114 Å². The van der Waals surface area contributed by atoms with E-state index < -0.39 is 0 Å². The molecule has 0 aliphatic heterocycles. The van der Waals surface area contributed by atoms with Gasteiger partial charge in [-0.3, -0.25) is 4.79 Å². The van der Waals surface area contributed by atoms with E-state index in [0.29, 0.717) is 35.7 Å². The highest BCUT2D eigenvalue weighted by atomic mass is 79.9. The average Bonchev–Trinajstić information content (AvgIpc) is 3.00. The Kier molecular flexibility index (Phi) is 10.1. The van der Waals surface area contributed by atoms with Gasteiger partial charge in [0.15, 0.2) is 5.82 Å². The van der Waals surface area contributed by atoms with Gasteiger partial charge < -0.3 is 14.4 Å². The Hall–Kier alpha value is -3.95. The fraction of sp³-hybridized carbons (Fsp3) is 0.250. The number of halogens is 2. The molecule has 0 aliphatic rings. The Morgan fingerprint density at radius 3 is 2.47 bits per heavy atom. The Labute approximate surface area is 280 Å². The molecular formula is C36H36Br2N4O3. The van der Waals surface area contributed by atoms with Crippen molar-refractivity contribution in [1.29, 1.82) is 0 Å². The Morgan fingerprint density at radius 1 is 0.978 bits per heavy atom. The number of rotatable bonds is 10. The molecular weight excluding hydrogens is 696 g/mol. The third-order valence-electron chi connectivity index (χ3n) is 7.50. The lowest BCUT2D eigenvalue weighted by Crippen LogP contribution is -2.21. The second kappa shape index (κ2) is 14.0. The minimum atomic E-state index is -0.252. The summed E-state index contributed by atoms with van der Waals surface area (Å²) in [5.74, 6) is 2.15. The predicted octanol–water partition coefficient (Wildman–Crippen LogP) is 8.95. The topological polar surface area (TPSA) is 69.0 Å². The Balaban J connectivity index is 1.64. The maximum Gasteiger partial charge on any atom is 0.282 e. The van der Waals surface area contributed by atoms with Gasteiger partial charge in [-0.2, -0.15) is 9.78 Å². The molecule has 0 unspecified atom stereocenters. The van der Waals surface area contributed by atoms with Crippen molar-refractivity contribution in [2.75, 3.05) is 25.6 Å². The van der Waals surface area contributed by atoms with Crippen molar-refractivity contribution in [2.45, 2.75) is 40.2 Å². The summed E-state index contributed by atoms with van der Waals surface area (Å²) >= 11 is 7.14. The van der Waals surface area contributed by atoms with Crippen LogP contribution in [0.2, 0.25) is 0 Å². The molecule has 0 spiro atoms. The van der Waals surface area contributed by atoms with Crippen LogP contribution >= 0.6 is 31.9 Å². The van der Waals surface area contributed by atoms with E-state index in [0.717, 1.165) is 48.2 Å². The zero-order chi connectivity index (χ0) is 32.2. The van der Waals surface area contributed by atoms with Crippen molar-refractivity contribution >= 4 is 54.7 Å². The molecule has 0 N–H and O–H groups in total. The summed E-state index contributed by atoms with van der Waals surface area (Å²) in [5.41, 5.74) is 5.87. The van der Waals surface area contributed by atoms with E-state index >= 15 is 0 Å². The Bertz CT molecular complexity index is 1950. The first-order valence-electron chi connectivity index (χ1n) is 14.8. The number of nitrogens with zero attached hydrogens (tertiary/aromatic N) is 4. The maximum absolute atomic E-state index is 14.0. The fourth-order valence-corrected chi connectivity index (χ4v) is 6.18. The summed E-state index contributed by atoms with van der Waals surface area (Å²) < 4.78 is 15.6. The van der Waals surface area contributed by atoms with Gasteiger partial charge in [0.1, 0.15) is 18.1 Å². The summed E-state index contributed by atoms with van der Waals surface area (Å²) in [6.45, 7) is 9.15. The minimum Gasteiger partial charge on any atom is -0.494 e. The molecule has 0 saturated carbocycles. The van der Waals surface area contributed by atoms with E-state index in [4.69, 9.17) is 19.6 Å².